The first-order valence-electron chi connectivity index (χ1n) is 43.6. The summed E-state index contributed by atoms with van der Waals surface area (Å²) in [7, 11) is 0. The van der Waals surface area contributed by atoms with Gasteiger partial charge in [0.05, 0.1) is 33.1 Å². The molecule has 15 aromatic carbocycles. The lowest BCUT2D eigenvalue weighted by Crippen LogP contribution is -2.25. The lowest BCUT2D eigenvalue weighted by atomic mass is 9.70. The molecule has 1 aliphatic rings. The Hall–Kier alpha value is -12.9. The van der Waals surface area contributed by atoms with Crippen molar-refractivity contribution in [3.63, 3.8) is 0 Å². The Bertz CT molecular complexity index is 7280. The number of hydrogen-bond acceptors (Lipinski definition) is 5. The maximum absolute atomic E-state index is 4.72. The third-order valence-electron chi connectivity index (χ3n) is 24.9. The van der Waals surface area contributed by atoms with E-state index in [1.54, 1.807) is 11.1 Å². The third-order valence-corrected chi connectivity index (χ3v) is 27.1. The first-order valence-corrected chi connectivity index (χ1v) is 45.2. The summed E-state index contributed by atoms with van der Waals surface area (Å²) in [4.78, 5) is 14.1. The number of hydrogen-bond donors (Lipinski definition) is 0. The number of aromatic nitrogens is 6. The first-order chi connectivity index (χ1) is 59.6. The van der Waals surface area contributed by atoms with Crippen LogP contribution in [-0.2, 0) is 5.41 Å². The second-order valence-electron chi connectivity index (χ2n) is 33.1. The van der Waals surface area contributed by atoms with E-state index in [4.69, 9.17) is 15.0 Å². The van der Waals surface area contributed by atoms with Crippen molar-refractivity contribution >= 4 is 128 Å². The van der Waals surface area contributed by atoms with Gasteiger partial charge >= 0.3 is 0 Å². The minimum Gasteiger partial charge on any atom is -0.309 e. The van der Waals surface area contributed by atoms with E-state index in [1.807, 2.05) is 95.5 Å². The summed E-state index contributed by atoms with van der Waals surface area (Å²) in [5.41, 5.74) is 25.7. The molecule has 0 saturated carbocycles. The summed E-state index contributed by atoms with van der Waals surface area (Å²) in [5.74, 6) is 2.06. The van der Waals surface area contributed by atoms with E-state index in [2.05, 4.69) is 322 Å². The van der Waals surface area contributed by atoms with Crippen molar-refractivity contribution < 1.29 is 0 Å². The molecule has 0 aliphatic heterocycles. The van der Waals surface area contributed by atoms with Gasteiger partial charge in [0.15, 0.2) is 17.5 Å². The monoisotopic (exact) mass is 1600 g/mol. The Balaban J connectivity index is 0.000000109. The zero-order valence-electron chi connectivity index (χ0n) is 70.0. The summed E-state index contributed by atoms with van der Waals surface area (Å²) in [5, 5.41) is 13.4. The highest BCUT2D eigenvalue weighted by molar-refractivity contribution is 7.26. The van der Waals surface area contributed by atoms with Gasteiger partial charge in [-0.3, -0.25) is 0 Å². The summed E-state index contributed by atoms with van der Waals surface area (Å²) in [6, 6.07) is 123. The SMILES string of the molecule is CCCCCCCCC1(CCCCCCC)c2ccccc2-c2cc3c4ccccc4n(-c4cccc(C)c4)c3cc21.Cc1ccc(-n2c3ccccc3c3cc4sc5ccccc5c4cc32)cc1.Cc1cccc(-c2nc(-c3ccccc3)nc(-c3ccccc3)n2)c1.Cc1cccc(-n2c3ccccc3c3cc4c(cc32)sc2ccccc24)c1. The zero-order chi connectivity index (χ0) is 81.9. The predicted molar refractivity (Wildman–Crippen MR) is 521 cm³/mol. The molecule has 22 rings (SSSR count). The van der Waals surface area contributed by atoms with Crippen LogP contribution < -0.4 is 0 Å². The molecule has 6 heterocycles. The van der Waals surface area contributed by atoms with Gasteiger partial charge in [-0.05, 0) is 183 Å². The molecule has 0 N–H and O–H groups in total. The molecule has 0 spiro atoms. The van der Waals surface area contributed by atoms with Gasteiger partial charge in [-0.15, -0.1) is 22.7 Å². The summed E-state index contributed by atoms with van der Waals surface area (Å²) in [6.45, 7) is 13.2. The fourth-order valence-electron chi connectivity index (χ4n) is 19.0. The number of para-hydroxylation sites is 3. The fraction of sp³-hybridized carbons (Fsp3) is 0.177. The average molecular weight is 1610 g/mol. The number of benzene rings is 15. The average Bonchev–Trinajstić information content (AvgIpc) is 1.55. The molecular formula is C113H100N6S2. The van der Waals surface area contributed by atoms with Crippen LogP contribution in [0.1, 0.15) is 131 Å². The maximum Gasteiger partial charge on any atom is 0.164 e. The number of fused-ring (bicyclic) bond motifs is 18. The van der Waals surface area contributed by atoms with Crippen LogP contribution in [0.15, 0.2) is 340 Å². The summed E-state index contributed by atoms with van der Waals surface area (Å²) >= 11 is 3.76. The van der Waals surface area contributed by atoms with Crippen molar-refractivity contribution in [3.8, 4) is 62.4 Å². The minimum absolute atomic E-state index is 0.102. The molecule has 1 atom stereocenters. The molecule has 594 valence electrons. The van der Waals surface area contributed by atoms with E-state index in [0.717, 1.165) is 16.7 Å². The van der Waals surface area contributed by atoms with Gasteiger partial charge in [0, 0.05) is 112 Å². The molecular weight excluding hydrogens is 1510 g/mol. The first kappa shape index (κ1) is 78.0. The molecule has 121 heavy (non-hydrogen) atoms. The summed E-state index contributed by atoms with van der Waals surface area (Å²) < 4.78 is 12.7. The van der Waals surface area contributed by atoms with E-state index >= 15 is 0 Å². The van der Waals surface area contributed by atoms with E-state index in [-0.39, 0.29) is 5.41 Å². The van der Waals surface area contributed by atoms with Crippen molar-refractivity contribution in [2.24, 2.45) is 0 Å². The van der Waals surface area contributed by atoms with Crippen LogP contribution in [0.5, 0.6) is 0 Å². The Morgan fingerprint density at radius 1 is 0.240 bits per heavy atom. The molecule has 1 unspecified atom stereocenters. The van der Waals surface area contributed by atoms with Gasteiger partial charge in [-0.25, -0.2) is 15.0 Å². The van der Waals surface area contributed by atoms with E-state index in [0.29, 0.717) is 17.5 Å². The highest BCUT2D eigenvalue weighted by Crippen LogP contribution is 2.56. The second kappa shape index (κ2) is 34.5. The lowest BCUT2D eigenvalue weighted by Gasteiger charge is -2.33. The van der Waals surface area contributed by atoms with Crippen LogP contribution in [0.25, 0.3) is 168 Å². The normalized spacial score (nSPS) is 13.0. The van der Waals surface area contributed by atoms with Crippen LogP contribution in [0.2, 0.25) is 0 Å². The molecule has 1 aliphatic carbocycles. The summed E-state index contributed by atoms with van der Waals surface area (Å²) in [6.07, 6.45) is 17.3. The van der Waals surface area contributed by atoms with Crippen molar-refractivity contribution in [3.05, 3.63) is 373 Å². The number of nitrogens with zero attached hydrogens (tertiary/aromatic N) is 6. The van der Waals surface area contributed by atoms with E-state index in [9.17, 15) is 0 Å². The largest absolute Gasteiger partial charge is 0.309 e. The number of unbranched alkanes of at least 4 members (excludes halogenated alkanes) is 9. The van der Waals surface area contributed by atoms with Gasteiger partial charge in [0.1, 0.15) is 0 Å². The number of thiophene rings is 2. The van der Waals surface area contributed by atoms with Crippen molar-refractivity contribution in [1.82, 2.24) is 28.7 Å². The quantitative estimate of drug-likeness (QED) is 0.0758. The molecule has 8 heteroatoms. The van der Waals surface area contributed by atoms with Crippen LogP contribution in [-0.4, -0.2) is 28.7 Å². The van der Waals surface area contributed by atoms with Crippen molar-refractivity contribution in [2.45, 2.75) is 130 Å². The fourth-order valence-corrected chi connectivity index (χ4v) is 21.2. The van der Waals surface area contributed by atoms with Gasteiger partial charge < -0.3 is 13.7 Å². The van der Waals surface area contributed by atoms with Gasteiger partial charge in [-0.2, -0.15) is 0 Å². The molecule has 6 aromatic heterocycles. The molecule has 0 saturated heterocycles. The minimum atomic E-state index is 0.102. The van der Waals surface area contributed by atoms with Gasteiger partial charge in [0.25, 0.3) is 0 Å². The van der Waals surface area contributed by atoms with E-state index < -0.39 is 0 Å². The van der Waals surface area contributed by atoms with Crippen LogP contribution in [0.3, 0.4) is 0 Å². The maximum atomic E-state index is 4.72. The lowest BCUT2D eigenvalue weighted by molar-refractivity contribution is 0.398. The molecule has 6 nitrogen and oxygen atoms in total. The van der Waals surface area contributed by atoms with Crippen molar-refractivity contribution in [2.75, 3.05) is 0 Å². The number of aryl methyl sites for hydroxylation is 4. The van der Waals surface area contributed by atoms with Gasteiger partial charge in [-0.1, -0.05) is 326 Å². The number of rotatable bonds is 19. The third kappa shape index (κ3) is 15.3. The zero-order valence-corrected chi connectivity index (χ0v) is 71.7. The highest BCUT2D eigenvalue weighted by atomic mass is 32.1. The van der Waals surface area contributed by atoms with Gasteiger partial charge in [0.2, 0.25) is 0 Å². The predicted octanol–water partition coefficient (Wildman–Crippen LogP) is 32.6. The molecule has 0 radical (unpaired) electrons. The second-order valence-corrected chi connectivity index (χ2v) is 35.3. The van der Waals surface area contributed by atoms with Crippen LogP contribution in [0, 0.1) is 27.7 Å². The highest BCUT2D eigenvalue weighted by Gasteiger charge is 2.43. The smallest absolute Gasteiger partial charge is 0.164 e. The molecule has 21 aromatic rings. The van der Waals surface area contributed by atoms with Crippen LogP contribution >= 0.6 is 22.7 Å². The van der Waals surface area contributed by atoms with E-state index in [1.165, 1.54) is 240 Å². The molecule has 0 amide bonds. The Morgan fingerprint density at radius 3 is 1.18 bits per heavy atom. The topological polar surface area (TPSA) is 53.5 Å². The Kier molecular flexibility index (Phi) is 22.2. The Morgan fingerprint density at radius 2 is 0.645 bits per heavy atom. The van der Waals surface area contributed by atoms with Crippen molar-refractivity contribution in [1.29, 1.82) is 0 Å². The molecule has 0 fully saturated rings. The van der Waals surface area contributed by atoms with Crippen LogP contribution in [0.4, 0.5) is 0 Å². The Labute approximate surface area is 717 Å². The standard InChI is InChI=1S/C41H49N.2C25H17NS.C22H17N3/c1-4-6-8-10-12-18-27-41(26-17-11-9-7-5-2)37-24-15-13-22-33(37)35-29-36-34-23-14-16-25-39(34)42(40(36)30-38(35)41)32-21-19-20-31(3)28-32;1-16-7-6-8-17(13-16)26-22-11-4-2-9-18(22)20-14-21-19-10-3-5-12-24(19)27-25(21)15-23(20)26;1-16-10-12-17(13-11-16)26-22-8-4-2-6-18(22)20-15-25-21(14-23(20)26)19-7-3-5-9-24(19)27-25;1-16-9-8-14-19(15-16)22-24-20(17-10-4-2-5-11-17)23-21(25-22)18-12-6-3-7-13-18/h13-16,19-25,28-30H,4-12,17-18,26-27H2,1-3H3;2*2-15H,1H3;2-15H,1H3. The molecule has 0 bridgehead atoms.